The first kappa shape index (κ1) is 18.9. The van der Waals surface area contributed by atoms with Crippen molar-refractivity contribution in [3.05, 3.63) is 94.8 Å². The number of allylic oxidation sites excluding steroid dienone is 2. The lowest BCUT2D eigenvalue weighted by molar-refractivity contribution is 0.636. The van der Waals surface area contributed by atoms with Crippen LogP contribution in [0.3, 0.4) is 0 Å². The van der Waals surface area contributed by atoms with E-state index in [1.165, 1.54) is 11.1 Å². The Kier molecular flexibility index (Phi) is 6.44. The lowest BCUT2D eigenvalue weighted by Gasteiger charge is -2.05. The highest BCUT2D eigenvalue weighted by atomic mass is 19.1. The van der Waals surface area contributed by atoms with Crippen LogP contribution in [-0.4, -0.2) is 0 Å². The van der Waals surface area contributed by atoms with E-state index in [4.69, 9.17) is 0 Å². The van der Waals surface area contributed by atoms with Gasteiger partial charge in [-0.25, -0.2) is 4.39 Å². The molecule has 0 saturated heterocycles. The molecule has 3 aromatic carbocycles. The van der Waals surface area contributed by atoms with Crippen molar-refractivity contribution in [3.63, 3.8) is 0 Å². The first-order chi connectivity index (χ1) is 13.2. The van der Waals surface area contributed by atoms with Crippen molar-refractivity contribution < 1.29 is 4.39 Å². The predicted octanol–water partition coefficient (Wildman–Crippen LogP) is 6.84. The minimum Gasteiger partial charge on any atom is -0.205 e. The van der Waals surface area contributed by atoms with Gasteiger partial charge in [0.25, 0.3) is 0 Å². The number of halogens is 1. The minimum atomic E-state index is -0.234. The lowest BCUT2D eigenvalue weighted by Crippen LogP contribution is -1.89. The summed E-state index contributed by atoms with van der Waals surface area (Å²) in [5.74, 6) is 5.85. The zero-order valence-electron chi connectivity index (χ0n) is 16.1. The number of fused-ring (bicyclic) bond motifs is 1. The maximum absolute atomic E-state index is 14.9. The molecular weight excluding hydrogens is 331 g/mol. The molecule has 0 aliphatic rings. The quantitative estimate of drug-likeness (QED) is 0.347. The molecule has 0 spiro atoms. The van der Waals surface area contributed by atoms with Crippen LogP contribution in [0.25, 0.3) is 10.8 Å². The summed E-state index contributed by atoms with van der Waals surface area (Å²) < 4.78 is 14.9. The van der Waals surface area contributed by atoms with E-state index < -0.39 is 0 Å². The molecule has 0 nitrogen and oxygen atoms in total. The Hall–Kier alpha value is -2.85. The molecule has 0 aliphatic carbocycles. The Labute approximate surface area is 161 Å². The van der Waals surface area contributed by atoms with Gasteiger partial charge in [0.2, 0.25) is 0 Å². The van der Waals surface area contributed by atoms with E-state index in [1.807, 2.05) is 37.3 Å². The van der Waals surface area contributed by atoms with Crippen LogP contribution in [0.4, 0.5) is 4.39 Å². The fourth-order valence-corrected chi connectivity index (χ4v) is 3.19. The highest BCUT2D eigenvalue weighted by Crippen LogP contribution is 2.23. The first-order valence-corrected chi connectivity index (χ1v) is 9.64. The Morgan fingerprint density at radius 2 is 1.67 bits per heavy atom. The van der Waals surface area contributed by atoms with Crippen LogP contribution in [0.15, 0.2) is 66.7 Å². The van der Waals surface area contributed by atoms with Gasteiger partial charge in [-0.1, -0.05) is 73.7 Å². The standard InChI is InChI=1S/C26H25F/c1-3-5-6-8-22-14-18-25-24(19-22)17-16-23(26(25)27)15-13-21-11-9-20(7-4-2)10-12-21/h3,5,9-12,14,16-19H,4,6-8H2,1-2H3/b5-3+. The maximum atomic E-state index is 14.9. The minimum absolute atomic E-state index is 0.234. The van der Waals surface area contributed by atoms with Gasteiger partial charge in [0.15, 0.2) is 0 Å². The molecule has 0 N–H and O–H groups in total. The van der Waals surface area contributed by atoms with Gasteiger partial charge >= 0.3 is 0 Å². The number of benzene rings is 3. The third-order valence-electron chi connectivity index (χ3n) is 4.69. The van der Waals surface area contributed by atoms with Crippen molar-refractivity contribution >= 4 is 10.8 Å². The second-order valence-electron chi connectivity index (χ2n) is 6.79. The molecule has 0 bridgehead atoms. The summed E-state index contributed by atoms with van der Waals surface area (Å²) in [7, 11) is 0. The van der Waals surface area contributed by atoms with Crippen LogP contribution in [-0.2, 0) is 12.8 Å². The fourth-order valence-electron chi connectivity index (χ4n) is 3.19. The highest BCUT2D eigenvalue weighted by molar-refractivity contribution is 5.85. The summed E-state index contributed by atoms with van der Waals surface area (Å²) >= 11 is 0. The van der Waals surface area contributed by atoms with E-state index in [9.17, 15) is 4.39 Å². The van der Waals surface area contributed by atoms with Crippen molar-refractivity contribution in [2.75, 3.05) is 0 Å². The van der Waals surface area contributed by atoms with Gasteiger partial charge in [-0.2, -0.15) is 0 Å². The summed E-state index contributed by atoms with van der Waals surface area (Å²) in [6.07, 6.45) is 8.39. The molecule has 1 heteroatoms. The molecule has 0 aromatic heterocycles. The van der Waals surface area contributed by atoms with Crippen molar-refractivity contribution in [1.82, 2.24) is 0 Å². The third kappa shape index (κ3) is 4.86. The fraction of sp³-hybridized carbons (Fsp3) is 0.231. The molecule has 0 unspecified atom stereocenters. The Morgan fingerprint density at radius 1 is 0.889 bits per heavy atom. The van der Waals surface area contributed by atoms with Crippen LogP contribution < -0.4 is 0 Å². The molecule has 0 radical (unpaired) electrons. The van der Waals surface area contributed by atoms with Crippen LogP contribution in [0.1, 0.15) is 48.9 Å². The smallest absolute Gasteiger partial charge is 0.146 e. The van der Waals surface area contributed by atoms with E-state index in [1.54, 1.807) is 6.07 Å². The third-order valence-corrected chi connectivity index (χ3v) is 4.69. The molecule has 0 fully saturated rings. The summed E-state index contributed by atoms with van der Waals surface area (Å²) in [5.41, 5.74) is 3.90. The molecule has 27 heavy (non-hydrogen) atoms. The monoisotopic (exact) mass is 356 g/mol. The highest BCUT2D eigenvalue weighted by Gasteiger charge is 2.06. The van der Waals surface area contributed by atoms with Crippen molar-refractivity contribution in [2.24, 2.45) is 0 Å². The molecular formula is C26H25F. The van der Waals surface area contributed by atoms with Crippen molar-refractivity contribution in [2.45, 2.75) is 39.5 Å². The molecule has 3 rings (SSSR count). The number of aryl methyl sites for hydroxylation is 2. The van der Waals surface area contributed by atoms with E-state index in [0.29, 0.717) is 10.9 Å². The van der Waals surface area contributed by atoms with Crippen LogP contribution >= 0.6 is 0 Å². The molecule has 136 valence electrons. The van der Waals surface area contributed by atoms with Crippen LogP contribution in [0.2, 0.25) is 0 Å². The SMILES string of the molecule is C/C=C/CCc1ccc2c(F)c(C#Cc3ccc(CCC)cc3)ccc2c1. The lowest BCUT2D eigenvalue weighted by atomic mass is 10.0. The Morgan fingerprint density at radius 3 is 2.41 bits per heavy atom. The maximum Gasteiger partial charge on any atom is 0.146 e. The zero-order chi connectivity index (χ0) is 19.1. The normalized spacial score (nSPS) is 10.9. The summed E-state index contributed by atoms with van der Waals surface area (Å²) in [5, 5.41) is 1.56. The van der Waals surface area contributed by atoms with Crippen molar-refractivity contribution in [1.29, 1.82) is 0 Å². The molecule has 0 amide bonds. The van der Waals surface area contributed by atoms with Gasteiger partial charge in [0.05, 0.1) is 5.56 Å². The molecule has 0 atom stereocenters. The summed E-state index contributed by atoms with van der Waals surface area (Å²) in [4.78, 5) is 0. The molecule has 0 saturated carbocycles. The average Bonchev–Trinajstić information content (AvgIpc) is 2.69. The zero-order valence-corrected chi connectivity index (χ0v) is 16.1. The van der Waals surface area contributed by atoms with Gasteiger partial charge in [-0.15, -0.1) is 0 Å². The predicted molar refractivity (Wildman–Crippen MR) is 113 cm³/mol. The van der Waals surface area contributed by atoms with E-state index in [2.05, 4.69) is 49.1 Å². The first-order valence-electron chi connectivity index (χ1n) is 9.64. The number of hydrogen-bond donors (Lipinski definition) is 0. The Balaban J connectivity index is 1.83. The molecule has 0 heterocycles. The molecule has 3 aromatic rings. The topological polar surface area (TPSA) is 0 Å². The van der Waals surface area contributed by atoms with Crippen LogP contribution in [0.5, 0.6) is 0 Å². The van der Waals surface area contributed by atoms with Gasteiger partial charge < -0.3 is 0 Å². The second-order valence-corrected chi connectivity index (χ2v) is 6.79. The van der Waals surface area contributed by atoms with E-state index in [-0.39, 0.29) is 5.82 Å². The molecule has 0 aliphatic heterocycles. The van der Waals surface area contributed by atoms with Crippen LogP contribution in [0, 0.1) is 17.7 Å². The van der Waals surface area contributed by atoms with E-state index >= 15 is 0 Å². The summed E-state index contributed by atoms with van der Waals surface area (Å²) in [6.45, 7) is 4.19. The Bertz CT molecular complexity index is 998. The van der Waals surface area contributed by atoms with Gasteiger partial charge in [0, 0.05) is 10.9 Å². The van der Waals surface area contributed by atoms with Gasteiger partial charge in [-0.05, 0) is 60.9 Å². The van der Waals surface area contributed by atoms with Gasteiger partial charge in [0.1, 0.15) is 5.82 Å². The number of rotatable bonds is 5. The summed E-state index contributed by atoms with van der Waals surface area (Å²) in [6, 6.07) is 17.9. The van der Waals surface area contributed by atoms with E-state index in [0.717, 1.165) is 36.6 Å². The largest absolute Gasteiger partial charge is 0.205 e. The second kappa shape index (κ2) is 9.19. The van der Waals surface area contributed by atoms with Crippen molar-refractivity contribution in [3.8, 4) is 11.8 Å². The number of hydrogen-bond acceptors (Lipinski definition) is 0. The average molecular weight is 356 g/mol. The van der Waals surface area contributed by atoms with Gasteiger partial charge in [-0.3, -0.25) is 0 Å².